The second kappa shape index (κ2) is 11.2. The van der Waals surface area contributed by atoms with Crippen molar-refractivity contribution in [3.05, 3.63) is 0 Å². The topological polar surface area (TPSA) is 37.4 Å². The zero-order valence-corrected chi connectivity index (χ0v) is 12.3. The zero-order chi connectivity index (χ0) is 13.8. The Hall–Kier alpha value is -0.860. The van der Waals surface area contributed by atoms with Crippen molar-refractivity contribution in [2.24, 2.45) is 0 Å². The quantitative estimate of drug-likeness (QED) is 0.529. The molecular formula is C15H29NO2. The van der Waals surface area contributed by atoms with Crippen molar-refractivity contribution in [1.82, 2.24) is 4.90 Å². The SMILES string of the molecule is CCCCN(CCCC)C(=O)CCCCC(C)=O. The summed E-state index contributed by atoms with van der Waals surface area (Å²) in [5.74, 6) is 0.483. The number of amides is 1. The Morgan fingerprint density at radius 2 is 1.33 bits per heavy atom. The molecule has 0 aliphatic rings. The van der Waals surface area contributed by atoms with Crippen LogP contribution in [0, 0.1) is 0 Å². The van der Waals surface area contributed by atoms with Crippen LogP contribution in [0.2, 0.25) is 0 Å². The number of rotatable bonds is 11. The second-order valence-electron chi connectivity index (χ2n) is 5.00. The number of Topliss-reactive ketones (excluding diaryl/α,β-unsaturated/α-hetero) is 1. The van der Waals surface area contributed by atoms with Crippen molar-refractivity contribution in [3.8, 4) is 0 Å². The van der Waals surface area contributed by atoms with Gasteiger partial charge in [0.2, 0.25) is 5.91 Å². The predicted octanol–water partition coefficient (Wildman–Crippen LogP) is 3.56. The summed E-state index contributed by atoms with van der Waals surface area (Å²) in [6, 6.07) is 0. The second-order valence-corrected chi connectivity index (χ2v) is 5.00. The Bertz CT molecular complexity index is 231. The predicted molar refractivity (Wildman–Crippen MR) is 75.5 cm³/mol. The van der Waals surface area contributed by atoms with Gasteiger partial charge in [0.05, 0.1) is 0 Å². The first-order chi connectivity index (χ1) is 8.61. The standard InChI is InChI=1S/C15H29NO2/c1-4-6-12-16(13-7-5-2)15(18)11-9-8-10-14(3)17/h4-13H2,1-3H3. The molecule has 0 unspecified atom stereocenters. The number of nitrogens with zero attached hydrogens (tertiary/aromatic N) is 1. The van der Waals surface area contributed by atoms with E-state index in [9.17, 15) is 9.59 Å². The molecule has 0 saturated carbocycles. The lowest BCUT2D eigenvalue weighted by molar-refractivity contribution is -0.131. The third-order valence-corrected chi connectivity index (χ3v) is 3.09. The number of unbranched alkanes of at least 4 members (excludes halogenated alkanes) is 3. The molecule has 0 aliphatic heterocycles. The lowest BCUT2D eigenvalue weighted by atomic mass is 10.1. The van der Waals surface area contributed by atoms with E-state index in [-0.39, 0.29) is 11.7 Å². The van der Waals surface area contributed by atoms with E-state index in [4.69, 9.17) is 0 Å². The molecule has 18 heavy (non-hydrogen) atoms. The van der Waals surface area contributed by atoms with Gasteiger partial charge in [-0.05, 0) is 32.6 Å². The van der Waals surface area contributed by atoms with Gasteiger partial charge in [0.1, 0.15) is 5.78 Å². The molecule has 0 atom stereocenters. The van der Waals surface area contributed by atoms with E-state index in [0.717, 1.165) is 51.6 Å². The molecule has 0 radical (unpaired) electrons. The number of hydrogen-bond donors (Lipinski definition) is 0. The molecule has 3 heteroatoms. The monoisotopic (exact) mass is 255 g/mol. The van der Waals surface area contributed by atoms with Crippen LogP contribution < -0.4 is 0 Å². The fourth-order valence-corrected chi connectivity index (χ4v) is 1.87. The van der Waals surface area contributed by atoms with Crippen molar-refractivity contribution in [3.63, 3.8) is 0 Å². The van der Waals surface area contributed by atoms with Gasteiger partial charge in [0.25, 0.3) is 0 Å². The maximum Gasteiger partial charge on any atom is 0.222 e. The van der Waals surface area contributed by atoms with E-state index in [0.29, 0.717) is 12.8 Å². The molecular weight excluding hydrogens is 226 g/mol. The molecule has 0 N–H and O–H groups in total. The first-order valence-corrected chi connectivity index (χ1v) is 7.39. The number of carbonyl (C=O) groups excluding carboxylic acids is 2. The Morgan fingerprint density at radius 3 is 1.78 bits per heavy atom. The van der Waals surface area contributed by atoms with Gasteiger partial charge in [-0.25, -0.2) is 0 Å². The van der Waals surface area contributed by atoms with Gasteiger partial charge in [-0.2, -0.15) is 0 Å². The van der Waals surface area contributed by atoms with Crippen LogP contribution >= 0.6 is 0 Å². The maximum atomic E-state index is 12.0. The van der Waals surface area contributed by atoms with E-state index in [1.54, 1.807) is 6.92 Å². The molecule has 0 saturated heterocycles. The average Bonchev–Trinajstić information content (AvgIpc) is 2.34. The number of hydrogen-bond acceptors (Lipinski definition) is 2. The molecule has 0 heterocycles. The van der Waals surface area contributed by atoms with Gasteiger partial charge < -0.3 is 9.69 Å². The van der Waals surface area contributed by atoms with Gasteiger partial charge in [-0.1, -0.05) is 26.7 Å². The van der Waals surface area contributed by atoms with Crippen molar-refractivity contribution < 1.29 is 9.59 Å². The Morgan fingerprint density at radius 1 is 0.833 bits per heavy atom. The van der Waals surface area contributed by atoms with E-state index in [1.807, 2.05) is 4.90 Å². The molecule has 0 aromatic heterocycles. The molecule has 0 bridgehead atoms. The first-order valence-electron chi connectivity index (χ1n) is 7.39. The highest BCUT2D eigenvalue weighted by Gasteiger charge is 2.11. The summed E-state index contributed by atoms with van der Waals surface area (Å²) in [6.45, 7) is 7.69. The lowest BCUT2D eigenvalue weighted by Gasteiger charge is -2.22. The average molecular weight is 255 g/mol. The fourth-order valence-electron chi connectivity index (χ4n) is 1.87. The van der Waals surface area contributed by atoms with Gasteiger partial charge in [-0.15, -0.1) is 0 Å². The first kappa shape index (κ1) is 17.1. The summed E-state index contributed by atoms with van der Waals surface area (Å²) in [7, 11) is 0. The minimum absolute atomic E-state index is 0.219. The normalized spacial score (nSPS) is 10.4. The van der Waals surface area contributed by atoms with Crippen LogP contribution in [0.15, 0.2) is 0 Å². The molecule has 0 fully saturated rings. The summed E-state index contributed by atoms with van der Waals surface area (Å²) in [6.07, 6.45) is 7.31. The minimum atomic E-state index is 0.219. The van der Waals surface area contributed by atoms with E-state index < -0.39 is 0 Å². The highest BCUT2D eigenvalue weighted by molar-refractivity contribution is 5.77. The minimum Gasteiger partial charge on any atom is -0.343 e. The molecule has 3 nitrogen and oxygen atoms in total. The highest BCUT2D eigenvalue weighted by Crippen LogP contribution is 2.07. The largest absolute Gasteiger partial charge is 0.343 e. The van der Waals surface area contributed by atoms with Crippen molar-refractivity contribution in [1.29, 1.82) is 0 Å². The van der Waals surface area contributed by atoms with Crippen molar-refractivity contribution >= 4 is 11.7 Å². The summed E-state index contributed by atoms with van der Waals surface area (Å²) >= 11 is 0. The Labute approximate surface area is 112 Å². The molecule has 0 aromatic carbocycles. The van der Waals surface area contributed by atoms with E-state index >= 15 is 0 Å². The van der Waals surface area contributed by atoms with Crippen LogP contribution in [0.4, 0.5) is 0 Å². The van der Waals surface area contributed by atoms with Gasteiger partial charge in [0, 0.05) is 25.9 Å². The summed E-state index contributed by atoms with van der Waals surface area (Å²) in [5, 5.41) is 0. The number of carbonyl (C=O) groups is 2. The lowest BCUT2D eigenvalue weighted by Crippen LogP contribution is -2.32. The fraction of sp³-hybridized carbons (Fsp3) is 0.867. The highest BCUT2D eigenvalue weighted by atomic mass is 16.2. The van der Waals surface area contributed by atoms with Gasteiger partial charge >= 0.3 is 0 Å². The van der Waals surface area contributed by atoms with E-state index in [1.165, 1.54) is 0 Å². The summed E-state index contributed by atoms with van der Waals surface area (Å²) < 4.78 is 0. The zero-order valence-electron chi connectivity index (χ0n) is 12.3. The van der Waals surface area contributed by atoms with Gasteiger partial charge in [-0.3, -0.25) is 4.79 Å². The van der Waals surface area contributed by atoms with Crippen LogP contribution in [0.25, 0.3) is 0 Å². The van der Waals surface area contributed by atoms with Gasteiger partial charge in [0.15, 0.2) is 0 Å². The molecule has 1 amide bonds. The Kier molecular flexibility index (Phi) is 10.7. The van der Waals surface area contributed by atoms with Crippen LogP contribution in [-0.2, 0) is 9.59 Å². The molecule has 0 aromatic rings. The van der Waals surface area contributed by atoms with Crippen LogP contribution in [0.1, 0.15) is 72.1 Å². The Balaban J connectivity index is 3.91. The van der Waals surface area contributed by atoms with E-state index in [2.05, 4.69) is 13.8 Å². The third-order valence-electron chi connectivity index (χ3n) is 3.09. The smallest absolute Gasteiger partial charge is 0.222 e. The van der Waals surface area contributed by atoms with Crippen LogP contribution in [0.3, 0.4) is 0 Å². The molecule has 106 valence electrons. The summed E-state index contributed by atoms with van der Waals surface area (Å²) in [4.78, 5) is 24.9. The van der Waals surface area contributed by atoms with Crippen LogP contribution in [-0.4, -0.2) is 29.7 Å². The molecule has 0 rings (SSSR count). The van der Waals surface area contributed by atoms with Crippen molar-refractivity contribution in [2.45, 2.75) is 72.1 Å². The molecule has 0 spiro atoms. The summed E-state index contributed by atoms with van der Waals surface area (Å²) in [5.41, 5.74) is 0. The molecule has 0 aliphatic carbocycles. The van der Waals surface area contributed by atoms with Crippen LogP contribution in [0.5, 0.6) is 0 Å². The third kappa shape index (κ3) is 9.20. The van der Waals surface area contributed by atoms with Crippen molar-refractivity contribution in [2.75, 3.05) is 13.1 Å². The number of ketones is 1. The maximum absolute atomic E-state index is 12.0.